The van der Waals surface area contributed by atoms with Gasteiger partial charge in [0.1, 0.15) is 5.82 Å². The second-order valence-corrected chi connectivity index (χ2v) is 6.79. The van der Waals surface area contributed by atoms with E-state index in [1.165, 1.54) is 0 Å². The molecule has 26 heavy (non-hydrogen) atoms. The number of amides is 1. The molecule has 2 fully saturated rings. The van der Waals surface area contributed by atoms with E-state index >= 15 is 0 Å². The number of para-hydroxylation sites is 2. The van der Waals surface area contributed by atoms with Crippen LogP contribution in [0.1, 0.15) is 19.3 Å². The van der Waals surface area contributed by atoms with Crippen LogP contribution in [0.2, 0.25) is 0 Å². The molecule has 1 saturated carbocycles. The lowest BCUT2D eigenvalue weighted by molar-refractivity contribution is -0.122. The van der Waals surface area contributed by atoms with Gasteiger partial charge < -0.3 is 20.3 Å². The van der Waals surface area contributed by atoms with Crippen LogP contribution in [0.25, 0.3) is 0 Å². The van der Waals surface area contributed by atoms with Crippen LogP contribution < -0.4 is 15.5 Å². The second-order valence-electron chi connectivity index (χ2n) is 6.79. The van der Waals surface area contributed by atoms with E-state index in [1.807, 2.05) is 24.3 Å². The van der Waals surface area contributed by atoms with Gasteiger partial charge in [-0.15, -0.1) is 0 Å². The predicted octanol–water partition coefficient (Wildman–Crippen LogP) is 3.40. The Labute approximate surface area is 153 Å². The summed E-state index contributed by atoms with van der Waals surface area (Å²) in [6.07, 6.45) is 4.89. The molecule has 2 aliphatic rings. The summed E-state index contributed by atoms with van der Waals surface area (Å²) in [5.74, 6) is 0.853. The van der Waals surface area contributed by atoms with E-state index in [1.54, 1.807) is 6.20 Å². The van der Waals surface area contributed by atoms with Crippen molar-refractivity contribution in [3.63, 3.8) is 0 Å². The molecule has 1 amide bonds. The predicted molar refractivity (Wildman–Crippen MR) is 103 cm³/mol. The van der Waals surface area contributed by atoms with Crippen LogP contribution in [-0.2, 0) is 9.53 Å². The van der Waals surface area contributed by atoms with Gasteiger partial charge in [0.05, 0.1) is 36.5 Å². The molecular weight excluding hydrogens is 328 g/mol. The van der Waals surface area contributed by atoms with E-state index in [0.717, 1.165) is 62.6 Å². The molecule has 1 aliphatic heterocycles. The standard InChI is InChI=1S/C20H24N4O2/c25-20(15-4-3-5-15)23-19-9-8-16(14-21-19)22-17-6-1-2-7-18(17)24-10-12-26-13-11-24/h1-2,6-9,14-15,22H,3-5,10-13H2,(H,21,23,25). The Kier molecular flexibility index (Phi) is 5.02. The van der Waals surface area contributed by atoms with E-state index < -0.39 is 0 Å². The molecule has 2 N–H and O–H groups in total. The van der Waals surface area contributed by atoms with Crippen molar-refractivity contribution in [1.82, 2.24) is 4.98 Å². The number of hydrogen-bond donors (Lipinski definition) is 2. The number of hydrogen-bond acceptors (Lipinski definition) is 5. The fraction of sp³-hybridized carbons (Fsp3) is 0.400. The normalized spacial score (nSPS) is 17.5. The number of nitrogens with zero attached hydrogens (tertiary/aromatic N) is 2. The molecular formula is C20H24N4O2. The Morgan fingerprint density at radius 1 is 1.12 bits per heavy atom. The molecule has 0 radical (unpaired) electrons. The van der Waals surface area contributed by atoms with E-state index in [0.29, 0.717) is 5.82 Å². The molecule has 2 aromatic rings. The van der Waals surface area contributed by atoms with Crippen molar-refractivity contribution < 1.29 is 9.53 Å². The van der Waals surface area contributed by atoms with Gasteiger partial charge in [0.15, 0.2) is 0 Å². The smallest absolute Gasteiger partial charge is 0.228 e. The zero-order valence-electron chi connectivity index (χ0n) is 14.8. The minimum absolute atomic E-state index is 0.0853. The maximum Gasteiger partial charge on any atom is 0.228 e. The van der Waals surface area contributed by atoms with Crippen molar-refractivity contribution in [1.29, 1.82) is 0 Å². The number of morpholine rings is 1. The number of carbonyl (C=O) groups is 1. The lowest BCUT2D eigenvalue weighted by Crippen LogP contribution is -2.36. The molecule has 1 aromatic carbocycles. The van der Waals surface area contributed by atoms with Gasteiger partial charge >= 0.3 is 0 Å². The molecule has 0 bridgehead atoms. The number of rotatable bonds is 5. The average Bonchev–Trinajstić information content (AvgIpc) is 2.63. The summed E-state index contributed by atoms with van der Waals surface area (Å²) >= 11 is 0. The van der Waals surface area contributed by atoms with Gasteiger partial charge in [0.2, 0.25) is 5.91 Å². The van der Waals surface area contributed by atoms with Crippen molar-refractivity contribution in [2.45, 2.75) is 19.3 Å². The van der Waals surface area contributed by atoms with E-state index in [-0.39, 0.29) is 11.8 Å². The first-order valence-electron chi connectivity index (χ1n) is 9.25. The largest absolute Gasteiger partial charge is 0.378 e. The number of benzene rings is 1. The van der Waals surface area contributed by atoms with E-state index in [4.69, 9.17) is 4.74 Å². The Bertz CT molecular complexity index is 753. The highest BCUT2D eigenvalue weighted by molar-refractivity contribution is 5.92. The molecule has 0 unspecified atom stereocenters. The third-order valence-electron chi connectivity index (χ3n) is 5.03. The summed E-state index contributed by atoms with van der Waals surface area (Å²) in [5.41, 5.74) is 3.10. The summed E-state index contributed by atoms with van der Waals surface area (Å²) in [5, 5.41) is 6.34. The average molecular weight is 352 g/mol. The first kappa shape index (κ1) is 16.8. The number of ether oxygens (including phenoxy) is 1. The highest BCUT2D eigenvalue weighted by atomic mass is 16.5. The van der Waals surface area contributed by atoms with Crippen molar-refractivity contribution in [2.75, 3.05) is 41.8 Å². The van der Waals surface area contributed by atoms with Crippen LogP contribution in [0.15, 0.2) is 42.6 Å². The third-order valence-corrected chi connectivity index (χ3v) is 5.03. The lowest BCUT2D eigenvalue weighted by Gasteiger charge is -2.30. The van der Waals surface area contributed by atoms with E-state index in [9.17, 15) is 4.79 Å². The minimum Gasteiger partial charge on any atom is -0.378 e. The van der Waals surface area contributed by atoms with Crippen LogP contribution in [-0.4, -0.2) is 37.2 Å². The molecule has 1 aromatic heterocycles. The SMILES string of the molecule is O=C(Nc1ccc(Nc2ccccc2N2CCOCC2)cn1)C1CCC1. The van der Waals surface area contributed by atoms with Crippen molar-refractivity contribution in [3.8, 4) is 0 Å². The van der Waals surface area contributed by atoms with Gasteiger partial charge in [0, 0.05) is 19.0 Å². The zero-order chi connectivity index (χ0) is 17.8. The van der Waals surface area contributed by atoms with Gasteiger partial charge in [-0.05, 0) is 37.1 Å². The first-order chi connectivity index (χ1) is 12.8. The van der Waals surface area contributed by atoms with Crippen LogP contribution in [0.3, 0.4) is 0 Å². The molecule has 6 heteroatoms. The van der Waals surface area contributed by atoms with Gasteiger partial charge in [-0.25, -0.2) is 4.98 Å². The fourth-order valence-corrected chi connectivity index (χ4v) is 3.26. The molecule has 1 aliphatic carbocycles. The van der Waals surface area contributed by atoms with Crippen molar-refractivity contribution >= 4 is 28.8 Å². The van der Waals surface area contributed by atoms with Crippen LogP contribution in [0, 0.1) is 5.92 Å². The van der Waals surface area contributed by atoms with Gasteiger partial charge in [-0.1, -0.05) is 18.6 Å². The van der Waals surface area contributed by atoms with Gasteiger partial charge in [0.25, 0.3) is 0 Å². The monoisotopic (exact) mass is 352 g/mol. The van der Waals surface area contributed by atoms with Crippen molar-refractivity contribution in [3.05, 3.63) is 42.6 Å². The summed E-state index contributed by atoms with van der Waals surface area (Å²) in [6, 6.07) is 12.0. The maximum atomic E-state index is 12.0. The van der Waals surface area contributed by atoms with Crippen molar-refractivity contribution in [2.24, 2.45) is 5.92 Å². The number of aromatic nitrogens is 1. The van der Waals surface area contributed by atoms with Crippen LogP contribution in [0.5, 0.6) is 0 Å². The summed E-state index contributed by atoms with van der Waals surface area (Å²) in [7, 11) is 0. The topological polar surface area (TPSA) is 66.5 Å². The summed E-state index contributed by atoms with van der Waals surface area (Å²) in [6.45, 7) is 3.29. The highest BCUT2D eigenvalue weighted by Gasteiger charge is 2.25. The first-order valence-corrected chi connectivity index (χ1v) is 9.25. The van der Waals surface area contributed by atoms with Gasteiger partial charge in [-0.3, -0.25) is 4.79 Å². The summed E-state index contributed by atoms with van der Waals surface area (Å²) in [4.78, 5) is 18.7. The van der Waals surface area contributed by atoms with Crippen LogP contribution in [0.4, 0.5) is 22.9 Å². The number of anilines is 4. The molecule has 2 heterocycles. The fourth-order valence-electron chi connectivity index (χ4n) is 3.26. The highest BCUT2D eigenvalue weighted by Crippen LogP contribution is 2.30. The Balaban J connectivity index is 1.43. The molecule has 1 saturated heterocycles. The third kappa shape index (κ3) is 3.80. The lowest BCUT2D eigenvalue weighted by atomic mass is 9.85. The molecule has 0 spiro atoms. The van der Waals surface area contributed by atoms with E-state index in [2.05, 4.69) is 32.7 Å². The molecule has 136 valence electrons. The Morgan fingerprint density at radius 2 is 1.92 bits per heavy atom. The number of nitrogens with one attached hydrogen (secondary N) is 2. The second kappa shape index (κ2) is 7.74. The maximum absolute atomic E-state index is 12.0. The molecule has 0 atom stereocenters. The van der Waals surface area contributed by atoms with Crippen LogP contribution >= 0.6 is 0 Å². The minimum atomic E-state index is 0.0853. The Hall–Kier alpha value is -2.60. The quantitative estimate of drug-likeness (QED) is 0.863. The number of pyridine rings is 1. The molecule has 6 nitrogen and oxygen atoms in total. The van der Waals surface area contributed by atoms with Gasteiger partial charge in [-0.2, -0.15) is 0 Å². The Morgan fingerprint density at radius 3 is 2.62 bits per heavy atom. The molecule has 4 rings (SSSR count). The summed E-state index contributed by atoms with van der Waals surface area (Å²) < 4.78 is 5.45. The zero-order valence-corrected chi connectivity index (χ0v) is 14.8. The number of carbonyl (C=O) groups excluding carboxylic acids is 1.